The first-order valence-electron chi connectivity index (χ1n) is 8.09. The van der Waals surface area contributed by atoms with Crippen LogP contribution in [-0.2, 0) is 21.1 Å². The van der Waals surface area contributed by atoms with Crippen LogP contribution in [0.5, 0.6) is 0 Å². The van der Waals surface area contributed by atoms with E-state index >= 15 is 0 Å². The van der Waals surface area contributed by atoms with Crippen molar-refractivity contribution in [2.24, 2.45) is 0 Å². The van der Waals surface area contributed by atoms with Crippen molar-refractivity contribution in [3.8, 4) is 0 Å². The Bertz CT molecular complexity index is 1120. The summed E-state index contributed by atoms with van der Waals surface area (Å²) in [6.45, 7) is 3.86. The number of carbonyl (C=O) groups is 1. The highest BCUT2D eigenvalue weighted by Crippen LogP contribution is 2.28. The van der Waals surface area contributed by atoms with Gasteiger partial charge in [0.05, 0.1) is 23.3 Å². The van der Waals surface area contributed by atoms with Gasteiger partial charge in [-0.25, -0.2) is 8.42 Å². The number of hydrogen-bond acceptors (Lipinski definition) is 4. The molecule has 0 bridgehead atoms. The van der Waals surface area contributed by atoms with Crippen molar-refractivity contribution in [2.45, 2.75) is 30.9 Å². The molecule has 1 aromatic heterocycles. The summed E-state index contributed by atoms with van der Waals surface area (Å²) in [5, 5.41) is 3.19. The summed E-state index contributed by atoms with van der Waals surface area (Å²) in [5.74, 6) is -4.10. The smallest absolute Gasteiger partial charge is 0.341 e. The standard InChI is InChI=1S/C19H17F2NO4S/c1-11-7-8-14-13(10-26-18(14)12(11)2)9-17(23)22-15-5-3-4-6-16(15)27(24,25)19(20)21/h3-8,10,19H,9H2,1-2H3,(H,22,23). The van der Waals surface area contributed by atoms with E-state index < -0.39 is 26.4 Å². The predicted octanol–water partition coefficient (Wildman–Crippen LogP) is 4.23. The van der Waals surface area contributed by atoms with E-state index in [0.717, 1.165) is 22.6 Å². The van der Waals surface area contributed by atoms with Gasteiger partial charge in [0.1, 0.15) is 5.58 Å². The molecule has 5 nitrogen and oxygen atoms in total. The molecule has 0 aliphatic rings. The van der Waals surface area contributed by atoms with Crippen molar-refractivity contribution < 1.29 is 26.4 Å². The van der Waals surface area contributed by atoms with Crippen molar-refractivity contribution in [3.05, 3.63) is 59.4 Å². The summed E-state index contributed by atoms with van der Waals surface area (Å²) < 4.78 is 54.8. The first-order valence-corrected chi connectivity index (χ1v) is 9.63. The molecule has 0 fully saturated rings. The summed E-state index contributed by atoms with van der Waals surface area (Å²) in [6, 6.07) is 8.85. The summed E-state index contributed by atoms with van der Waals surface area (Å²) in [6.07, 6.45) is 1.39. The molecule has 2 aromatic carbocycles. The topological polar surface area (TPSA) is 76.4 Å². The second-order valence-corrected chi connectivity index (χ2v) is 8.06. The SMILES string of the molecule is Cc1ccc2c(CC(=O)Nc3ccccc3S(=O)(=O)C(F)F)coc2c1C. The van der Waals surface area contributed by atoms with Gasteiger partial charge in [-0.3, -0.25) is 4.79 Å². The number of carbonyl (C=O) groups excluding carboxylic acids is 1. The Labute approximate surface area is 154 Å². The number of rotatable bonds is 5. The van der Waals surface area contributed by atoms with Gasteiger partial charge in [-0.2, -0.15) is 8.78 Å². The monoisotopic (exact) mass is 393 g/mol. The Kier molecular flexibility index (Phi) is 5.01. The molecule has 0 saturated carbocycles. The van der Waals surface area contributed by atoms with Gasteiger partial charge in [0.2, 0.25) is 15.7 Å². The highest BCUT2D eigenvalue weighted by Gasteiger charge is 2.29. The van der Waals surface area contributed by atoms with Gasteiger partial charge in [-0.15, -0.1) is 0 Å². The fourth-order valence-corrected chi connectivity index (χ4v) is 3.69. The highest BCUT2D eigenvalue weighted by molar-refractivity contribution is 7.91. The number of hydrogen-bond donors (Lipinski definition) is 1. The quantitative estimate of drug-likeness (QED) is 0.704. The van der Waals surface area contributed by atoms with Crippen molar-refractivity contribution in [1.29, 1.82) is 0 Å². The van der Waals surface area contributed by atoms with E-state index in [1.54, 1.807) is 0 Å². The molecule has 0 unspecified atom stereocenters. The zero-order valence-electron chi connectivity index (χ0n) is 14.6. The average Bonchev–Trinajstić information content (AvgIpc) is 3.01. The van der Waals surface area contributed by atoms with Gasteiger partial charge in [-0.1, -0.05) is 24.3 Å². The lowest BCUT2D eigenvalue weighted by Crippen LogP contribution is -2.19. The molecule has 0 saturated heterocycles. The van der Waals surface area contributed by atoms with Gasteiger partial charge >= 0.3 is 5.76 Å². The summed E-state index contributed by atoms with van der Waals surface area (Å²) >= 11 is 0. The number of benzene rings is 2. The lowest BCUT2D eigenvalue weighted by Gasteiger charge is -2.11. The summed E-state index contributed by atoms with van der Waals surface area (Å²) in [5.41, 5.74) is 3.15. The Hall–Kier alpha value is -2.74. The van der Waals surface area contributed by atoms with Crippen LogP contribution in [0.3, 0.4) is 0 Å². The van der Waals surface area contributed by atoms with Gasteiger partial charge in [-0.05, 0) is 37.1 Å². The molecular formula is C19H17F2NO4S. The molecule has 1 heterocycles. The molecule has 142 valence electrons. The maximum atomic E-state index is 12.9. The fraction of sp³-hybridized carbons (Fsp3) is 0.211. The highest BCUT2D eigenvalue weighted by atomic mass is 32.2. The average molecular weight is 393 g/mol. The van der Waals surface area contributed by atoms with Crippen molar-refractivity contribution >= 4 is 32.4 Å². The van der Waals surface area contributed by atoms with Crippen LogP contribution >= 0.6 is 0 Å². The normalized spacial score (nSPS) is 11.9. The number of furan rings is 1. The maximum Gasteiger partial charge on any atom is 0.341 e. The molecular weight excluding hydrogens is 376 g/mol. The van der Waals surface area contributed by atoms with Gasteiger partial charge in [0, 0.05) is 10.9 Å². The van der Waals surface area contributed by atoms with E-state index in [9.17, 15) is 22.0 Å². The Balaban J connectivity index is 1.87. The number of amides is 1. The molecule has 27 heavy (non-hydrogen) atoms. The maximum absolute atomic E-state index is 12.9. The largest absolute Gasteiger partial charge is 0.464 e. The second-order valence-electron chi connectivity index (χ2n) is 6.17. The number of alkyl halides is 2. The minimum absolute atomic E-state index is 0.0848. The van der Waals surface area contributed by atoms with Crippen LogP contribution in [-0.4, -0.2) is 20.1 Å². The zero-order chi connectivity index (χ0) is 19.8. The lowest BCUT2D eigenvalue weighted by atomic mass is 10.0. The molecule has 0 aliphatic carbocycles. The van der Waals surface area contributed by atoms with Crippen LogP contribution < -0.4 is 5.32 Å². The first-order chi connectivity index (χ1) is 12.7. The number of halogens is 2. The van der Waals surface area contributed by atoms with Crippen molar-refractivity contribution in [1.82, 2.24) is 0 Å². The van der Waals surface area contributed by atoms with Crippen LogP contribution in [0.1, 0.15) is 16.7 Å². The minimum atomic E-state index is -4.83. The molecule has 3 rings (SSSR count). The molecule has 8 heteroatoms. The number of aryl methyl sites for hydroxylation is 2. The number of sulfone groups is 1. The number of fused-ring (bicyclic) bond motifs is 1. The molecule has 1 N–H and O–H groups in total. The van der Waals surface area contributed by atoms with Crippen molar-refractivity contribution in [3.63, 3.8) is 0 Å². The third kappa shape index (κ3) is 3.57. The molecule has 3 aromatic rings. The van der Waals surface area contributed by atoms with E-state index in [-0.39, 0.29) is 12.1 Å². The van der Waals surface area contributed by atoms with Crippen LogP contribution in [0.4, 0.5) is 14.5 Å². The van der Waals surface area contributed by atoms with E-state index in [4.69, 9.17) is 4.42 Å². The second kappa shape index (κ2) is 7.11. The van der Waals surface area contributed by atoms with Gasteiger partial charge in [0.25, 0.3) is 0 Å². The van der Waals surface area contributed by atoms with E-state index in [0.29, 0.717) is 11.1 Å². The number of nitrogens with one attached hydrogen (secondary N) is 1. The Morgan fingerprint density at radius 1 is 1.15 bits per heavy atom. The van der Waals surface area contributed by atoms with Crippen LogP contribution in [0.2, 0.25) is 0 Å². The van der Waals surface area contributed by atoms with Crippen LogP contribution in [0.15, 0.2) is 52.0 Å². The zero-order valence-corrected chi connectivity index (χ0v) is 15.4. The third-order valence-corrected chi connectivity index (χ3v) is 5.83. The number of para-hydroxylation sites is 1. The minimum Gasteiger partial charge on any atom is -0.464 e. The summed E-state index contributed by atoms with van der Waals surface area (Å²) in [4.78, 5) is 11.8. The van der Waals surface area contributed by atoms with Crippen LogP contribution in [0, 0.1) is 13.8 Å². The molecule has 0 spiro atoms. The predicted molar refractivity (Wildman–Crippen MR) is 97.7 cm³/mol. The molecule has 0 aliphatic heterocycles. The molecule has 0 radical (unpaired) electrons. The molecule has 0 atom stereocenters. The fourth-order valence-electron chi connectivity index (χ4n) is 2.81. The third-order valence-electron chi connectivity index (χ3n) is 4.39. The Morgan fingerprint density at radius 2 is 1.85 bits per heavy atom. The van der Waals surface area contributed by atoms with E-state index in [2.05, 4.69) is 5.32 Å². The lowest BCUT2D eigenvalue weighted by molar-refractivity contribution is -0.115. The van der Waals surface area contributed by atoms with Gasteiger partial charge in [0.15, 0.2) is 0 Å². The Morgan fingerprint density at radius 3 is 2.56 bits per heavy atom. The van der Waals surface area contributed by atoms with Crippen molar-refractivity contribution in [2.75, 3.05) is 5.32 Å². The summed E-state index contributed by atoms with van der Waals surface area (Å²) in [7, 11) is -4.83. The molecule has 1 amide bonds. The van der Waals surface area contributed by atoms with E-state index in [1.165, 1.54) is 24.5 Å². The first kappa shape index (κ1) is 19.0. The van der Waals surface area contributed by atoms with E-state index in [1.807, 2.05) is 26.0 Å². The van der Waals surface area contributed by atoms with Gasteiger partial charge < -0.3 is 9.73 Å². The van der Waals surface area contributed by atoms with Crippen LogP contribution in [0.25, 0.3) is 11.0 Å². The number of anilines is 1.